The maximum Gasteiger partial charge on any atom is 0.226 e. The molecule has 2 aromatic heterocycles. The molecule has 0 saturated heterocycles. The van der Waals surface area contributed by atoms with Gasteiger partial charge in [0.15, 0.2) is 6.73 Å². The van der Waals surface area contributed by atoms with E-state index in [4.69, 9.17) is 15.5 Å². The smallest absolute Gasteiger partial charge is 0.226 e. The van der Waals surface area contributed by atoms with Crippen LogP contribution in [0.4, 0.5) is 0 Å². The Labute approximate surface area is 186 Å². The molecule has 1 fully saturated rings. The van der Waals surface area contributed by atoms with Crippen LogP contribution in [0.3, 0.4) is 0 Å². The van der Waals surface area contributed by atoms with Crippen molar-refractivity contribution in [1.29, 1.82) is 0 Å². The van der Waals surface area contributed by atoms with Gasteiger partial charge in [-0.15, -0.1) is 0 Å². The van der Waals surface area contributed by atoms with Crippen molar-refractivity contribution in [3.63, 3.8) is 0 Å². The molecule has 0 atom stereocenters. The molecule has 0 amide bonds. The van der Waals surface area contributed by atoms with Crippen molar-refractivity contribution in [3.05, 3.63) is 78.5 Å². The molecule has 3 heterocycles. The number of hydrogen-bond acceptors (Lipinski definition) is 5. The molecule has 4 aromatic rings. The Morgan fingerprint density at radius 3 is 2.44 bits per heavy atom. The number of rotatable bonds is 3. The molecule has 1 aliphatic heterocycles. The van der Waals surface area contributed by atoms with Crippen LogP contribution in [0.1, 0.15) is 25.3 Å². The Kier molecular flexibility index (Phi) is 4.06. The van der Waals surface area contributed by atoms with Crippen LogP contribution >= 0.6 is 0 Å². The predicted octanol–water partition coefficient (Wildman–Crippen LogP) is 4.33. The molecule has 2 aliphatic rings. The van der Waals surface area contributed by atoms with Crippen LogP contribution in [-0.2, 0) is 12.3 Å². The van der Waals surface area contributed by atoms with Crippen LogP contribution in [0, 0.1) is 0 Å². The van der Waals surface area contributed by atoms with Crippen molar-refractivity contribution in [2.45, 2.75) is 37.6 Å². The van der Waals surface area contributed by atoms with Gasteiger partial charge < -0.3 is 15.6 Å². The van der Waals surface area contributed by atoms with Crippen molar-refractivity contribution in [3.8, 4) is 39.8 Å². The van der Waals surface area contributed by atoms with Gasteiger partial charge in [-0.25, -0.2) is 9.97 Å². The lowest BCUT2D eigenvalue weighted by Gasteiger charge is -2.49. The fourth-order valence-electron chi connectivity index (χ4n) is 5.15. The first kappa shape index (κ1) is 19.2. The fourth-order valence-corrected chi connectivity index (χ4v) is 5.15. The first-order chi connectivity index (χ1) is 15.4. The van der Waals surface area contributed by atoms with Gasteiger partial charge in [0.2, 0.25) is 5.88 Å². The number of aromatic nitrogens is 3. The van der Waals surface area contributed by atoms with Gasteiger partial charge in [0.05, 0.1) is 22.6 Å². The molecule has 6 rings (SSSR count). The van der Waals surface area contributed by atoms with E-state index in [2.05, 4.69) is 45.9 Å². The molecule has 32 heavy (non-hydrogen) atoms. The molecule has 0 radical (unpaired) electrons. The van der Waals surface area contributed by atoms with Gasteiger partial charge in [0.25, 0.3) is 0 Å². The fraction of sp³-hybridized carbons (Fsp3) is 0.231. The second kappa shape index (κ2) is 6.76. The summed E-state index contributed by atoms with van der Waals surface area (Å²) in [6, 6.07) is 22.4. The average molecular weight is 425 g/mol. The Balaban J connectivity index is 1.48. The van der Waals surface area contributed by atoms with E-state index in [0.29, 0.717) is 25.5 Å². The topological polar surface area (TPSA) is 86.2 Å². The maximum atomic E-state index is 10.2. The number of fused-ring (bicyclic) bond motifs is 3. The zero-order valence-electron chi connectivity index (χ0n) is 17.8. The van der Waals surface area contributed by atoms with Crippen molar-refractivity contribution in [2.75, 3.05) is 0 Å². The minimum absolute atomic E-state index is 0.357. The summed E-state index contributed by atoms with van der Waals surface area (Å²) >= 11 is 0. The lowest BCUT2D eigenvalue weighted by atomic mass is 9.63. The predicted molar refractivity (Wildman–Crippen MR) is 123 cm³/mol. The summed E-state index contributed by atoms with van der Waals surface area (Å²) in [4.78, 5) is 9.42. The number of imidazole rings is 1. The number of nitrogens with two attached hydrogens (primary N) is 1. The molecule has 1 saturated carbocycles. The summed E-state index contributed by atoms with van der Waals surface area (Å²) in [5.41, 5.74) is 11.3. The highest BCUT2D eigenvalue weighted by molar-refractivity contribution is 5.83. The zero-order valence-corrected chi connectivity index (χ0v) is 17.8. The van der Waals surface area contributed by atoms with Gasteiger partial charge in [-0.05, 0) is 37.5 Å². The average Bonchev–Trinajstić information content (AvgIpc) is 3.18. The number of aliphatic hydroxyl groups is 1. The van der Waals surface area contributed by atoms with E-state index in [1.165, 1.54) is 0 Å². The molecular weight excluding hydrogens is 400 g/mol. The molecule has 2 aromatic carbocycles. The molecule has 6 nitrogen and oxygen atoms in total. The number of nitrogens with zero attached hydrogens (tertiary/aromatic N) is 3. The summed E-state index contributed by atoms with van der Waals surface area (Å²) in [5.74, 6) is 1.45. The van der Waals surface area contributed by atoms with Crippen LogP contribution in [-0.4, -0.2) is 25.2 Å². The highest BCUT2D eigenvalue weighted by Crippen LogP contribution is 2.47. The second-order valence-corrected chi connectivity index (χ2v) is 9.14. The number of benzene rings is 2. The summed E-state index contributed by atoms with van der Waals surface area (Å²) in [6.07, 6.45) is 2.86. The molecule has 0 spiro atoms. The van der Waals surface area contributed by atoms with E-state index in [1.54, 1.807) is 6.20 Å². The van der Waals surface area contributed by atoms with Gasteiger partial charge >= 0.3 is 0 Å². The first-order valence-corrected chi connectivity index (χ1v) is 10.8. The van der Waals surface area contributed by atoms with Gasteiger partial charge in [0.1, 0.15) is 5.82 Å². The van der Waals surface area contributed by atoms with Crippen LogP contribution in [0.15, 0.2) is 72.9 Å². The molecule has 160 valence electrons. The number of hydrogen-bond donors (Lipinski definition) is 2. The number of pyridine rings is 1. The quantitative estimate of drug-likeness (QED) is 0.511. The summed E-state index contributed by atoms with van der Waals surface area (Å²) in [5, 5.41) is 10.2. The van der Waals surface area contributed by atoms with Crippen molar-refractivity contribution in [1.82, 2.24) is 14.5 Å². The minimum Gasteiger partial charge on any atom is -0.455 e. The lowest BCUT2D eigenvalue weighted by molar-refractivity contribution is -0.0738. The second-order valence-electron chi connectivity index (χ2n) is 9.14. The maximum absolute atomic E-state index is 10.2. The van der Waals surface area contributed by atoms with E-state index in [-0.39, 0.29) is 0 Å². The molecule has 0 unspecified atom stereocenters. The number of ether oxygens (including phenoxy) is 1. The van der Waals surface area contributed by atoms with Crippen molar-refractivity contribution in [2.24, 2.45) is 5.73 Å². The summed E-state index contributed by atoms with van der Waals surface area (Å²) < 4.78 is 8.05. The van der Waals surface area contributed by atoms with E-state index < -0.39 is 11.1 Å². The lowest BCUT2D eigenvalue weighted by Crippen LogP contribution is -2.58. The van der Waals surface area contributed by atoms with Crippen LogP contribution in [0.25, 0.3) is 33.9 Å². The first-order valence-electron chi connectivity index (χ1n) is 10.8. The van der Waals surface area contributed by atoms with E-state index >= 15 is 0 Å². The van der Waals surface area contributed by atoms with Gasteiger partial charge in [-0.1, -0.05) is 54.6 Å². The van der Waals surface area contributed by atoms with E-state index in [1.807, 2.05) is 37.3 Å². The summed E-state index contributed by atoms with van der Waals surface area (Å²) in [6.45, 7) is 2.19. The van der Waals surface area contributed by atoms with Crippen LogP contribution < -0.4 is 10.5 Å². The monoisotopic (exact) mass is 424 g/mol. The van der Waals surface area contributed by atoms with Crippen molar-refractivity contribution < 1.29 is 9.84 Å². The standard InChI is InChI=1S/C26H24N4O2/c1-25(31)14-26(27,15-25)19-11-9-17(10-12-19)21-22(18-6-3-2-4-7-18)30-16-32-24-20(23(30)29-21)8-5-13-28-24/h2-13,31H,14-16,27H2,1H3/t25-,26+. The third-order valence-electron chi connectivity index (χ3n) is 6.48. The van der Waals surface area contributed by atoms with Crippen LogP contribution in [0.2, 0.25) is 0 Å². The summed E-state index contributed by atoms with van der Waals surface area (Å²) in [7, 11) is 0. The Bertz CT molecular complexity index is 1300. The van der Waals surface area contributed by atoms with Gasteiger partial charge in [-0.2, -0.15) is 0 Å². The van der Waals surface area contributed by atoms with Crippen LogP contribution in [0.5, 0.6) is 5.88 Å². The molecule has 1 aliphatic carbocycles. The Hall–Kier alpha value is -3.48. The molecule has 3 N–H and O–H groups in total. The van der Waals surface area contributed by atoms with Gasteiger partial charge in [-0.3, -0.25) is 4.57 Å². The SMILES string of the molecule is C[C@]1(O)C[C@](N)(c2ccc(-c3nc4n(c3-c3ccccc3)COc3ncccc3-4)cc2)C1. The molecule has 6 heteroatoms. The highest BCUT2D eigenvalue weighted by atomic mass is 16.5. The van der Waals surface area contributed by atoms with E-state index in [9.17, 15) is 5.11 Å². The van der Waals surface area contributed by atoms with Crippen molar-refractivity contribution >= 4 is 0 Å². The Morgan fingerprint density at radius 1 is 0.969 bits per heavy atom. The normalized spacial score (nSPS) is 23.6. The molecule has 0 bridgehead atoms. The third-order valence-corrected chi connectivity index (χ3v) is 6.48. The Morgan fingerprint density at radius 2 is 1.72 bits per heavy atom. The van der Waals surface area contributed by atoms with Gasteiger partial charge in [0, 0.05) is 22.9 Å². The molecular formula is C26H24N4O2. The zero-order chi connectivity index (χ0) is 21.9. The minimum atomic E-state index is -0.682. The van der Waals surface area contributed by atoms with E-state index in [0.717, 1.165) is 39.5 Å². The largest absolute Gasteiger partial charge is 0.455 e. The highest BCUT2D eigenvalue weighted by Gasteiger charge is 2.49. The third kappa shape index (κ3) is 2.95.